The Kier molecular flexibility index (Phi) is 5.39. The van der Waals surface area contributed by atoms with Gasteiger partial charge in [0.2, 0.25) is 0 Å². The lowest BCUT2D eigenvalue weighted by Crippen LogP contribution is -2.41. The monoisotopic (exact) mass is 292 g/mol. The van der Waals surface area contributed by atoms with Crippen LogP contribution < -0.4 is 5.32 Å². The largest absolute Gasteiger partial charge is 0.356 e. The molecule has 0 spiro atoms. The summed E-state index contributed by atoms with van der Waals surface area (Å²) in [6, 6.07) is 0. The molecule has 4 heteroatoms. The van der Waals surface area contributed by atoms with Crippen LogP contribution in [0.3, 0.4) is 0 Å². The van der Waals surface area contributed by atoms with Crippen LogP contribution in [0.15, 0.2) is 4.99 Å². The molecule has 120 valence electrons. The van der Waals surface area contributed by atoms with Gasteiger partial charge in [-0.05, 0) is 63.6 Å². The third-order valence-electron chi connectivity index (χ3n) is 5.62. The van der Waals surface area contributed by atoms with Crippen LogP contribution in [0, 0.1) is 11.8 Å². The van der Waals surface area contributed by atoms with Gasteiger partial charge in [0.25, 0.3) is 0 Å². The highest BCUT2D eigenvalue weighted by Crippen LogP contribution is 2.35. The van der Waals surface area contributed by atoms with E-state index in [9.17, 15) is 0 Å². The van der Waals surface area contributed by atoms with E-state index in [2.05, 4.69) is 20.1 Å². The van der Waals surface area contributed by atoms with Crippen LogP contribution in [-0.2, 0) is 0 Å². The fraction of sp³-hybridized carbons (Fsp3) is 0.941. The fourth-order valence-electron chi connectivity index (χ4n) is 4.42. The summed E-state index contributed by atoms with van der Waals surface area (Å²) in [5.41, 5.74) is 0. The Morgan fingerprint density at radius 3 is 2.33 bits per heavy atom. The van der Waals surface area contributed by atoms with Crippen molar-refractivity contribution < 1.29 is 0 Å². The maximum atomic E-state index is 4.52. The van der Waals surface area contributed by atoms with E-state index in [1.165, 1.54) is 77.7 Å². The zero-order valence-corrected chi connectivity index (χ0v) is 13.7. The second-order valence-corrected chi connectivity index (χ2v) is 7.09. The van der Waals surface area contributed by atoms with Crippen molar-refractivity contribution in [3.8, 4) is 0 Å². The molecule has 0 aromatic heterocycles. The van der Waals surface area contributed by atoms with Crippen LogP contribution in [0.25, 0.3) is 0 Å². The predicted octanol–water partition coefficient (Wildman–Crippen LogP) is 2.17. The topological polar surface area (TPSA) is 30.9 Å². The highest BCUT2D eigenvalue weighted by atomic mass is 15.3. The minimum absolute atomic E-state index is 0.932. The minimum Gasteiger partial charge on any atom is -0.356 e. The van der Waals surface area contributed by atoms with E-state index in [1.54, 1.807) is 0 Å². The summed E-state index contributed by atoms with van der Waals surface area (Å²) in [6.45, 7) is 7.39. The lowest BCUT2D eigenvalue weighted by atomic mass is 9.82. The highest BCUT2D eigenvalue weighted by Gasteiger charge is 2.35. The summed E-state index contributed by atoms with van der Waals surface area (Å²) in [5.74, 6) is 3.01. The molecule has 1 N–H and O–H groups in total. The molecule has 0 aromatic rings. The molecule has 3 fully saturated rings. The zero-order chi connectivity index (χ0) is 14.5. The average molecular weight is 292 g/mol. The molecule has 2 atom stereocenters. The summed E-state index contributed by atoms with van der Waals surface area (Å²) in [5, 5.41) is 3.59. The van der Waals surface area contributed by atoms with Crippen molar-refractivity contribution in [3.63, 3.8) is 0 Å². The molecular formula is C17H32N4. The molecule has 4 nitrogen and oxygen atoms in total. The van der Waals surface area contributed by atoms with Gasteiger partial charge in [-0.2, -0.15) is 0 Å². The van der Waals surface area contributed by atoms with Crippen LogP contribution >= 0.6 is 0 Å². The van der Waals surface area contributed by atoms with Gasteiger partial charge in [-0.25, -0.2) is 0 Å². The van der Waals surface area contributed by atoms with Crippen LogP contribution in [0.1, 0.15) is 44.9 Å². The molecule has 2 heterocycles. The van der Waals surface area contributed by atoms with Gasteiger partial charge in [0.05, 0.1) is 0 Å². The number of likely N-dealkylation sites (tertiary alicyclic amines) is 2. The summed E-state index contributed by atoms with van der Waals surface area (Å²) in [4.78, 5) is 9.62. The van der Waals surface area contributed by atoms with Gasteiger partial charge in [-0.3, -0.25) is 4.99 Å². The third kappa shape index (κ3) is 3.91. The number of hydrogen-bond donors (Lipinski definition) is 1. The smallest absolute Gasteiger partial charge is 0.193 e. The van der Waals surface area contributed by atoms with Gasteiger partial charge in [-0.15, -0.1) is 0 Å². The molecule has 2 saturated heterocycles. The molecule has 2 unspecified atom stereocenters. The molecule has 0 radical (unpaired) electrons. The lowest BCUT2D eigenvalue weighted by Gasteiger charge is -2.22. The Labute approximate surface area is 130 Å². The average Bonchev–Trinajstić information content (AvgIpc) is 3.16. The van der Waals surface area contributed by atoms with Crippen LogP contribution in [0.4, 0.5) is 0 Å². The summed E-state index contributed by atoms with van der Waals surface area (Å²) in [7, 11) is 1.94. The maximum absolute atomic E-state index is 4.52. The molecule has 21 heavy (non-hydrogen) atoms. The van der Waals surface area contributed by atoms with Gasteiger partial charge >= 0.3 is 0 Å². The number of guanidine groups is 1. The molecule has 3 aliphatic rings. The van der Waals surface area contributed by atoms with Crippen molar-refractivity contribution in [2.45, 2.75) is 44.9 Å². The van der Waals surface area contributed by atoms with Crippen molar-refractivity contribution in [2.75, 3.05) is 46.3 Å². The van der Waals surface area contributed by atoms with E-state index in [-0.39, 0.29) is 0 Å². The second kappa shape index (κ2) is 7.48. The maximum Gasteiger partial charge on any atom is 0.193 e. The zero-order valence-electron chi connectivity index (χ0n) is 13.7. The first-order chi connectivity index (χ1) is 10.4. The minimum atomic E-state index is 0.932. The lowest BCUT2D eigenvalue weighted by molar-refractivity contribution is 0.299. The van der Waals surface area contributed by atoms with E-state index in [1.807, 2.05) is 7.05 Å². The number of nitrogens with zero attached hydrogens (tertiary/aromatic N) is 3. The molecule has 0 bridgehead atoms. The molecule has 3 rings (SSSR count). The first-order valence-electron chi connectivity index (χ1n) is 9.05. The molecular weight excluding hydrogens is 260 g/mol. The van der Waals surface area contributed by atoms with E-state index in [0.717, 1.165) is 24.3 Å². The Bertz CT molecular complexity index is 335. The molecule has 2 aliphatic heterocycles. The van der Waals surface area contributed by atoms with E-state index in [0.29, 0.717) is 0 Å². The first kappa shape index (κ1) is 15.1. The molecule has 1 saturated carbocycles. The fourth-order valence-corrected chi connectivity index (χ4v) is 4.42. The van der Waals surface area contributed by atoms with Gasteiger partial charge in [-0.1, -0.05) is 12.8 Å². The van der Waals surface area contributed by atoms with E-state index in [4.69, 9.17) is 0 Å². The number of aliphatic imine (C=N–C) groups is 1. The highest BCUT2D eigenvalue weighted by molar-refractivity contribution is 5.80. The summed E-state index contributed by atoms with van der Waals surface area (Å²) in [6.07, 6.45) is 9.78. The standard InChI is InChI=1S/C17H32N4/c1-18-17(19-9-6-12-20-10-4-5-11-20)21-13-15-7-2-3-8-16(15)14-21/h15-16H,2-14H2,1H3,(H,18,19). The van der Waals surface area contributed by atoms with Crippen molar-refractivity contribution in [3.05, 3.63) is 0 Å². The van der Waals surface area contributed by atoms with Crippen molar-refractivity contribution in [2.24, 2.45) is 16.8 Å². The van der Waals surface area contributed by atoms with Gasteiger partial charge in [0, 0.05) is 26.7 Å². The SMILES string of the molecule is CN=C(NCCCN1CCCC1)N1CC2CCCCC2C1. The van der Waals surface area contributed by atoms with Crippen LogP contribution in [0.5, 0.6) is 0 Å². The van der Waals surface area contributed by atoms with Crippen molar-refractivity contribution >= 4 is 5.96 Å². The quantitative estimate of drug-likeness (QED) is 0.489. The Balaban J connectivity index is 1.39. The molecule has 0 amide bonds. The van der Waals surface area contributed by atoms with Gasteiger partial charge in [0.15, 0.2) is 5.96 Å². The predicted molar refractivity (Wildman–Crippen MR) is 88.7 cm³/mol. The second-order valence-electron chi connectivity index (χ2n) is 7.09. The molecule has 0 aromatic carbocycles. The Morgan fingerprint density at radius 2 is 1.71 bits per heavy atom. The number of hydrogen-bond acceptors (Lipinski definition) is 2. The Morgan fingerprint density at radius 1 is 1.05 bits per heavy atom. The molecule has 1 aliphatic carbocycles. The van der Waals surface area contributed by atoms with Gasteiger partial charge in [0.1, 0.15) is 0 Å². The van der Waals surface area contributed by atoms with E-state index >= 15 is 0 Å². The van der Waals surface area contributed by atoms with Crippen molar-refractivity contribution in [1.82, 2.24) is 15.1 Å². The van der Waals surface area contributed by atoms with Gasteiger partial charge < -0.3 is 15.1 Å². The third-order valence-corrected chi connectivity index (χ3v) is 5.62. The summed E-state index contributed by atoms with van der Waals surface area (Å²) >= 11 is 0. The van der Waals surface area contributed by atoms with Crippen molar-refractivity contribution in [1.29, 1.82) is 0 Å². The van der Waals surface area contributed by atoms with Crippen LogP contribution in [-0.4, -0.2) is 62.1 Å². The normalized spacial score (nSPS) is 30.7. The van der Waals surface area contributed by atoms with E-state index < -0.39 is 0 Å². The number of rotatable bonds is 4. The first-order valence-corrected chi connectivity index (χ1v) is 9.05. The van der Waals surface area contributed by atoms with Crippen LogP contribution in [0.2, 0.25) is 0 Å². The Hall–Kier alpha value is -0.770. The number of fused-ring (bicyclic) bond motifs is 1. The summed E-state index contributed by atoms with van der Waals surface area (Å²) < 4.78 is 0. The number of nitrogens with one attached hydrogen (secondary N) is 1.